The summed E-state index contributed by atoms with van der Waals surface area (Å²) < 4.78 is 0. The zero-order chi connectivity index (χ0) is 9.84. The molecular weight excluding hydrogens is 192 g/mol. The number of rotatable bonds is 3. The van der Waals surface area contributed by atoms with E-state index in [1.165, 1.54) is 0 Å². The molecular formula is C8H13ClN2O2. The molecule has 1 fully saturated rings. The number of carbonyl (C=O) groups excluding carboxylic acids is 2. The van der Waals surface area contributed by atoms with Gasteiger partial charge in [-0.15, -0.1) is 11.6 Å². The highest BCUT2D eigenvalue weighted by Crippen LogP contribution is 2.16. The Morgan fingerprint density at radius 2 is 2.23 bits per heavy atom. The van der Waals surface area contributed by atoms with E-state index in [0.29, 0.717) is 31.8 Å². The van der Waals surface area contributed by atoms with E-state index in [4.69, 9.17) is 17.3 Å². The van der Waals surface area contributed by atoms with Crippen molar-refractivity contribution in [2.75, 3.05) is 19.0 Å². The van der Waals surface area contributed by atoms with Crippen molar-refractivity contribution in [2.45, 2.75) is 12.8 Å². The van der Waals surface area contributed by atoms with Gasteiger partial charge < -0.3 is 10.6 Å². The molecule has 13 heavy (non-hydrogen) atoms. The van der Waals surface area contributed by atoms with Crippen LogP contribution in [0.5, 0.6) is 0 Å². The monoisotopic (exact) mass is 204 g/mol. The maximum Gasteiger partial charge on any atom is 0.223 e. The summed E-state index contributed by atoms with van der Waals surface area (Å²) in [6, 6.07) is 0. The summed E-state index contributed by atoms with van der Waals surface area (Å²) in [5, 5.41) is 0. The van der Waals surface area contributed by atoms with Gasteiger partial charge in [0.25, 0.3) is 0 Å². The van der Waals surface area contributed by atoms with Gasteiger partial charge in [-0.25, -0.2) is 0 Å². The minimum absolute atomic E-state index is 0.0127. The van der Waals surface area contributed by atoms with Crippen LogP contribution >= 0.6 is 11.6 Å². The Balaban J connectivity index is 2.40. The Labute approximate surface area is 82.0 Å². The first-order chi connectivity index (χ1) is 6.15. The lowest BCUT2D eigenvalue weighted by molar-refractivity contribution is -0.130. The largest absolute Gasteiger partial charge is 0.369 e. The number of hydrogen-bond acceptors (Lipinski definition) is 2. The third-order valence-electron chi connectivity index (χ3n) is 2.25. The summed E-state index contributed by atoms with van der Waals surface area (Å²) in [5.74, 6) is -0.143. The molecule has 1 heterocycles. The summed E-state index contributed by atoms with van der Waals surface area (Å²) in [6.45, 7) is 1.09. The van der Waals surface area contributed by atoms with E-state index in [-0.39, 0.29) is 17.7 Å². The molecule has 0 aliphatic carbocycles. The van der Waals surface area contributed by atoms with E-state index in [0.717, 1.165) is 0 Å². The van der Waals surface area contributed by atoms with Crippen molar-refractivity contribution in [3.8, 4) is 0 Å². The number of likely N-dealkylation sites (tertiary alicyclic amines) is 1. The van der Waals surface area contributed by atoms with Gasteiger partial charge in [-0.05, 0) is 6.42 Å². The van der Waals surface area contributed by atoms with Crippen LogP contribution < -0.4 is 5.73 Å². The normalized spacial score (nSPS) is 21.9. The number of primary amides is 1. The Hall–Kier alpha value is -0.770. The minimum Gasteiger partial charge on any atom is -0.369 e. The average molecular weight is 205 g/mol. The molecule has 2 amide bonds. The van der Waals surface area contributed by atoms with E-state index < -0.39 is 0 Å². The second-order valence-electron chi connectivity index (χ2n) is 3.17. The van der Waals surface area contributed by atoms with Crippen LogP contribution in [0.1, 0.15) is 12.8 Å². The second-order valence-corrected chi connectivity index (χ2v) is 3.54. The number of nitrogens with zero attached hydrogens (tertiary/aromatic N) is 1. The van der Waals surface area contributed by atoms with Crippen LogP contribution in [0.25, 0.3) is 0 Å². The molecule has 1 rings (SSSR count). The van der Waals surface area contributed by atoms with Gasteiger partial charge in [-0.1, -0.05) is 0 Å². The second kappa shape index (κ2) is 4.46. The highest BCUT2D eigenvalue weighted by molar-refractivity contribution is 6.18. The number of alkyl halides is 1. The molecule has 4 nitrogen and oxygen atoms in total. The molecule has 5 heteroatoms. The molecule has 0 aromatic rings. The first kappa shape index (κ1) is 10.3. The smallest absolute Gasteiger partial charge is 0.223 e. The molecule has 1 aliphatic rings. The van der Waals surface area contributed by atoms with Crippen LogP contribution in [-0.4, -0.2) is 35.7 Å². The van der Waals surface area contributed by atoms with E-state index in [1.807, 2.05) is 0 Å². The fourth-order valence-electron chi connectivity index (χ4n) is 1.46. The number of carbonyl (C=O) groups is 2. The maximum atomic E-state index is 11.3. The molecule has 0 aromatic carbocycles. The van der Waals surface area contributed by atoms with Crippen LogP contribution in [0.15, 0.2) is 0 Å². The summed E-state index contributed by atoms with van der Waals surface area (Å²) in [5.41, 5.74) is 5.13. The lowest BCUT2D eigenvalue weighted by Crippen LogP contribution is -2.31. The van der Waals surface area contributed by atoms with Crippen molar-refractivity contribution >= 4 is 23.4 Å². The molecule has 0 bridgehead atoms. The van der Waals surface area contributed by atoms with Crippen molar-refractivity contribution in [3.63, 3.8) is 0 Å². The van der Waals surface area contributed by atoms with Crippen molar-refractivity contribution in [3.05, 3.63) is 0 Å². The predicted molar refractivity (Wildman–Crippen MR) is 49.2 cm³/mol. The van der Waals surface area contributed by atoms with Crippen molar-refractivity contribution < 1.29 is 9.59 Å². The van der Waals surface area contributed by atoms with Crippen molar-refractivity contribution in [1.82, 2.24) is 4.90 Å². The molecule has 1 aliphatic heterocycles. The lowest BCUT2D eigenvalue weighted by atomic mass is 10.1. The highest BCUT2D eigenvalue weighted by Gasteiger charge is 2.28. The molecule has 1 atom stereocenters. The molecule has 0 spiro atoms. The molecule has 74 valence electrons. The zero-order valence-electron chi connectivity index (χ0n) is 7.33. The summed E-state index contributed by atoms with van der Waals surface area (Å²) >= 11 is 5.43. The van der Waals surface area contributed by atoms with Crippen LogP contribution in [0.2, 0.25) is 0 Å². The highest BCUT2D eigenvalue weighted by atomic mass is 35.5. The van der Waals surface area contributed by atoms with E-state index in [9.17, 15) is 9.59 Å². The summed E-state index contributed by atoms with van der Waals surface area (Å²) in [7, 11) is 0. The van der Waals surface area contributed by atoms with E-state index in [2.05, 4.69) is 0 Å². The van der Waals surface area contributed by atoms with Gasteiger partial charge in [0.05, 0.1) is 5.92 Å². The third-order valence-corrected chi connectivity index (χ3v) is 2.44. The van der Waals surface area contributed by atoms with Gasteiger partial charge in [0, 0.05) is 25.4 Å². The minimum atomic E-state index is -0.318. The van der Waals surface area contributed by atoms with Gasteiger partial charge in [-0.3, -0.25) is 9.59 Å². The van der Waals surface area contributed by atoms with Crippen LogP contribution in [0.4, 0.5) is 0 Å². The first-order valence-corrected chi connectivity index (χ1v) is 4.81. The van der Waals surface area contributed by atoms with Gasteiger partial charge in [-0.2, -0.15) is 0 Å². The molecule has 0 aromatic heterocycles. The summed E-state index contributed by atoms with van der Waals surface area (Å²) in [4.78, 5) is 23.7. The number of nitrogens with two attached hydrogens (primary N) is 1. The zero-order valence-corrected chi connectivity index (χ0v) is 8.09. The molecule has 0 saturated carbocycles. The van der Waals surface area contributed by atoms with Gasteiger partial charge in [0.1, 0.15) is 0 Å². The van der Waals surface area contributed by atoms with E-state index >= 15 is 0 Å². The molecule has 0 radical (unpaired) electrons. The number of amides is 2. The molecule has 1 saturated heterocycles. The fraction of sp³-hybridized carbons (Fsp3) is 0.750. The van der Waals surface area contributed by atoms with Crippen molar-refractivity contribution in [1.29, 1.82) is 0 Å². The Morgan fingerprint density at radius 3 is 2.69 bits per heavy atom. The lowest BCUT2D eigenvalue weighted by Gasteiger charge is -2.14. The number of halogens is 1. The topological polar surface area (TPSA) is 63.4 Å². The fourth-order valence-corrected chi connectivity index (χ4v) is 1.62. The quantitative estimate of drug-likeness (QED) is 0.656. The van der Waals surface area contributed by atoms with Crippen LogP contribution in [-0.2, 0) is 9.59 Å². The predicted octanol–water partition coefficient (Wildman–Crippen LogP) is -0.0509. The first-order valence-electron chi connectivity index (χ1n) is 4.28. The standard InChI is InChI=1S/C8H13ClN2O2/c9-3-1-7(12)11-4-2-6(5-11)8(10)13/h6H,1-5H2,(H2,10,13). The molecule has 1 unspecified atom stereocenters. The Morgan fingerprint density at radius 1 is 1.54 bits per heavy atom. The van der Waals surface area contributed by atoms with Crippen molar-refractivity contribution in [2.24, 2.45) is 11.7 Å². The average Bonchev–Trinajstić information content (AvgIpc) is 2.52. The summed E-state index contributed by atoms with van der Waals surface area (Å²) in [6.07, 6.45) is 1.02. The van der Waals surface area contributed by atoms with E-state index in [1.54, 1.807) is 4.90 Å². The third kappa shape index (κ3) is 2.59. The van der Waals surface area contributed by atoms with Crippen LogP contribution in [0, 0.1) is 5.92 Å². The molecule has 2 N–H and O–H groups in total. The van der Waals surface area contributed by atoms with Gasteiger partial charge in [0.2, 0.25) is 11.8 Å². The Bertz CT molecular complexity index is 220. The van der Waals surface area contributed by atoms with Crippen LogP contribution in [0.3, 0.4) is 0 Å². The maximum absolute atomic E-state index is 11.3. The Kier molecular flexibility index (Phi) is 3.54. The van der Waals surface area contributed by atoms with Gasteiger partial charge >= 0.3 is 0 Å². The SMILES string of the molecule is NC(=O)C1CCN(C(=O)CCCl)C1. The number of hydrogen-bond donors (Lipinski definition) is 1. The van der Waals surface area contributed by atoms with Gasteiger partial charge in [0.15, 0.2) is 0 Å².